The molecule has 1 saturated heterocycles. The molecule has 0 unspecified atom stereocenters. The van der Waals surface area contributed by atoms with Crippen LogP contribution in [-0.2, 0) is 29.2 Å². The fraction of sp³-hybridized carbons (Fsp3) is 0.579. The zero-order valence-corrected chi connectivity index (χ0v) is 17.6. The average Bonchev–Trinajstić information content (AvgIpc) is 2.65. The van der Waals surface area contributed by atoms with Crippen molar-refractivity contribution in [2.75, 3.05) is 26.1 Å². The van der Waals surface area contributed by atoms with E-state index in [-0.39, 0.29) is 11.7 Å². The first-order valence-corrected chi connectivity index (χ1v) is 11.1. The molecule has 1 aliphatic heterocycles. The van der Waals surface area contributed by atoms with E-state index in [1.165, 1.54) is 6.92 Å². The first kappa shape index (κ1) is 23.1. The summed E-state index contributed by atoms with van der Waals surface area (Å²) in [6.07, 6.45) is 3.52. The van der Waals surface area contributed by atoms with E-state index in [0.717, 1.165) is 31.1 Å². The first-order chi connectivity index (χ1) is 13.6. The summed E-state index contributed by atoms with van der Waals surface area (Å²) in [6, 6.07) is 6.52. The fourth-order valence-corrected chi connectivity index (χ4v) is 3.12. The van der Waals surface area contributed by atoms with Crippen molar-refractivity contribution in [2.45, 2.75) is 38.9 Å². The fourth-order valence-electron chi connectivity index (χ4n) is 2.65. The number of oxime groups is 1. The van der Waals surface area contributed by atoms with Gasteiger partial charge >= 0.3 is 16.1 Å². The summed E-state index contributed by atoms with van der Waals surface area (Å²) >= 11 is 0. The summed E-state index contributed by atoms with van der Waals surface area (Å²) in [4.78, 5) is 16.4. The molecule has 1 fully saturated rings. The molecule has 9 nitrogen and oxygen atoms in total. The van der Waals surface area contributed by atoms with Crippen LogP contribution in [0.3, 0.4) is 0 Å². The van der Waals surface area contributed by atoms with E-state index in [2.05, 4.69) is 5.16 Å². The van der Waals surface area contributed by atoms with Gasteiger partial charge < -0.3 is 23.6 Å². The van der Waals surface area contributed by atoms with Crippen molar-refractivity contribution < 1.29 is 36.8 Å². The van der Waals surface area contributed by atoms with E-state index < -0.39 is 21.9 Å². The summed E-state index contributed by atoms with van der Waals surface area (Å²) in [5, 5.41) is 13.1. The Hall–Kier alpha value is -2.17. The Labute approximate surface area is 170 Å². The lowest BCUT2D eigenvalue weighted by Crippen LogP contribution is -2.47. The molecule has 0 aromatic heterocycles. The molecular weight excluding hydrogens is 402 g/mol. The third-order valence-corrected chi connectivity index (χ3v) is 4.89. The quantitative estimate of drug-likeness (QED) is 0.260. The molecule has 10 heteroatoms. The van der Waals surface area contributed by atoms with Gasteiger partial charge in [0.05, 0.1) is 25.2 Å². The number of carboxylic acids is 1. The van der Waals surface area contributed by atoms with Crippen LogP contribution in [0.15, 0.2) is 29.4 Å². The van der Waals surface area contributed by atoms with Gasteiger partial charge in [0.15, 0.2) is 0 Å². The number of ether oxygens (including phenoxy) is 2. The predicted octanol–water partition coefficient (Wildman–Crippen LogP) is 2.40. The van der Waals surface area contributed by atoms with Crippen LogP contribution >= 0.6 is 0 Å². The minimum atomic E-state index is -3.55. The van der Waals surface area contributed by atoms with Crippen LogP contribution in [0.1, 0.15) is 38.7 Å². The van der Waals surface area contributed by atoms with E-state index in [4.69, 9.17) is 23.6 Å². The van der Waals surface area contributed by atoms with Crippen molar-refractivity contribution in [2.24, 2.45) is 11.1 Å². The monoisotopic (exact) mass is 429 g/mol. The SMILES string of the molecule is C/C(=N/OCCCCC1COC(C)(C(=O)O)OC1)c1ccc(OS(C)(=O)=O)cc1. The van der Waals surface area contributed by atoms with Crippen LogP contribution < -0.4 is 4.18 Å². The lowest BCUT2D eigenvalue weighted by Gasteiger charge is -2.34. The molecule has 0 atom stereocenters. The Morgan fingerprint density at radius 1 is 1.24 bits per heavy atom. The minimum absolute atomic E-state index is 0.167. The zero-order chi connectivity index (χ0) is 21.5. The lowest BCUT2D eigenvalue weighted by molar-refractivity contribution is -0.271. The van der Waals surface area contributed by atoms with Crippen molar-refractivity contribution in [1.82, 2.24) is 0 Å². The summed E-state index contributed by atoms with van der Waals surface area (Å²) < 4.78 is 37.6. The largest absolute Gasteiger partial charge is 0.477 e. The Morgan fingerprint density at radius 2 is 1.86 bits per heavy atom. The smallest absolute Gasteiger partial charge is 0.364 e. The molecule has 1 N–H and O–H groups in total. The van der Waals surface area contributed by atoms with Crippen molar-refractivity contribution in [1.29, 1.82) is 0 Å². The van der Waals surface area contributed by atoms with Gasteiger partial charge in [-0.15, -0.1) is 0 Å². The van der Waals surface area contributed by atoms with E-state index in [9.17, 15) is 13.2 Å². The van der Waals surface area contributed by atoms with Gasteiger partial charge in [-0.05, 0) is 56.0 Å². The molecule has 0 amide bonds. The van der Waals surface area contributed by atoms with Crippen molar-refractivity contribution >= 4 is 21.8 Å². The van der Waals surface area contributed by atoms with Crippen LogP contribution in [0.4, 0.5) is 0 Å². The highest BCUT2D eigenvalue weighted by Crippen LogP contribution is 2.24. The maximum atomic E-state index is 11.1. The highest BCUT2D eigenvalue weighted by atomic mass is 32.2. The van der Waals surface area contributed by atoms with Gasteiger partial charge in [-0.3, -0.25) is 0 Å². The third kappa shape index (κ3) is 7.64. The Balaban J connectivity index is 1.65. The highest BCUT2D eigenvalue weighted by molar-refractivity contribution is 7.86. The molecule has 0 radical (unpaired) electrons. The van der Waals surface area contributed by atoms with Crippen molar-refractivity contribution in [3.8, 4) is 5.75 Å². The molecule has 1 aromatic carbocycles. The molecule has 0 bridgehead atoms. The Morgan fingerprint density at radius 3 is 2.41 bits per heavy atom. The predicted molar refractivity (Wildman–Crippen MR) is 105 cm³/mol. The molecule has 1 aliphatic rings. The molecule has 162 valence electrons. The third-order valence-electron chi connectivity index (χ3n) is 4.40. The van der Waals surface area contributed by atoms with Gasteiger partial charge in [0.2, 0.25) is 0 Å². The van der Waals surface area contributed by atoms with Crippen molar-refractivity contribution in [3.63, 3.8) is 0 Å². The summed E-state index contributed by atoms with van der Waals surface area (Å²) in [5.41, 5.74) is 1.46. The van der Waals surface area contributed by atoms with E-state index in [0.29, 0.717) is 25.5 Å². The number of rotatable bonds is 10. The van der Waals surface area contributed by atoms with Gasteiger partial charge in [-0.2, -0.15) is 8.42 Å². The molecule has 0 spiro atoms. The minimum Gasteiger partial charge on any atom is -0.477 e. The van der Waals surface area contributed by atoms with Gasteiger partial charge in [0, 0.05) is 12.8 Å². The second-order valence-electron chi connectivity index (χ2n) is 7.06. The highest BCUT2D eigenvalue weighted by Gasteiger charge is 2.40. The second kappa shape index (κ2) is 10.0. The van der Waals surface area contributed by atoms with E-state index in [1.807, 2.05) is 0 Å². The second-order valence-corrected chi connectivity index (χ2v) is 8.63. The van der Waals surface area contributed by atoms with Crippen LogP contribution in [0.2, 0.25) is 0 Å². The number of carbonyl (C=O) groups is 1. The summed E-state index contributed by atoms with van der Waals surface area (Å²) in [6.45, 7) is 4.38. The lowest BCUT2D eigenvalue weighted by atomic mass is 10.0. The van der Waals surface area contributed by atoms with Crippen molar-refractivity contribution in [3.05, 3.63) is 29.8 Å². The first-order valence-electron chi connectivity index (χ1n) is 9.27. The maximum Gasteiger partial charge on any atom is 0.364 e. The Bertz CT molecular complexity index is 811. The van der Waals surface area contributed by atoms with Gasteiger partial charge in [-0.1, -0.05) is 5.16 Å². The average molecular weight is 429 g/mol. The van der Waals surface area contributed by atoms with Crippen LogP contribution in [0, 0.1) is 5.92 Å². The molecule has 1 heterocycles. The molecule has 1 aromatic rings. The van der Waals surface area contributed by atoms with Gasteiger partial charge in [0.1, 0.15) is 12.4 Å². The Kier molecular flexibility index (Phi) is 8.00. The van der Waals surface area contributed by atoms with Crippen LogP contribution in [0.25, 0.3) is 0 Å². The number of aliphatic carboxylic acids is 1. The van der Waals surface area contributed by atoms with Gasteiger partial charge in [0.25, 0.3) is 5.79 Å². The number of nitrogens with zero attached hydrogens (tertiary/aromatic N) is 1. The molecule has 0 saturated carbocycles. The summed E-state index contributed by atoms with van der Waals surface area (Å²) in [5.74, 6) is -2.25. The van der Waals surface area contributed by atoms with Crippen LogP contribution in [-0.4, -0.2) is 57.1 Å². The standard InChI is InChI=1S/C19H27NO8S/c1-14(16-7-9-17(10-8-16)28-29(3,23)24)20-27-11-5-4-6-15-12-25-19(2,18(21)22)26-13-15/h7-10,15H,4-6,11-13H2,1-3H3,(H,21,22)/b20-14-. The van der Waals surface area contributed by atoms with E-state index in [1.54, 1.807) is 31.2 Å². The van der Waals surface area contributed by atoms with E-state index >= 15 is 0 Å². The molecule has 29 heavy (non-hydrogen) atoms. The number of carboxylic acid groups (broad SMARTS) is 1. The molecule has 2 rings (SSSR count). The molecule has 0 aliphatic carbocycles. The zero-order valence-electron chi connectivity index (χ0n) is 16.8. The number of hydrogen-bond donors (Lipinski definition) is 1. The topological polar surface area (TPSA) is 121 Å². The normalized spacial score (nSPS) is 22.9. The number of benzene rings is 1. The number of hydrogen-bond acceptors (Lipinski definition) is 8. The van der Waals surface area contributed by atoms with Gasteiger partial charge in [-0.25, -0.2) is 4.79 Å². The summed E-state index contributed by atoms with van der Waals surface area (Å²) in [7, 11) is -3.55. The number of unbranched alkanes of at least 4 members (excludes halogenated alkanes) is 1. The molecular formula is C19H27NO8S. The van der Waals surface area contributed by atoms with Crippen LogP contribution in [0.5, 0.6) is 5.75 Å². The maximum absolute atomic E-state index is 11.1.